The molecule has 11 heteroatoms. The van der Waals surface area contributed by atoms with Crippen LogP contribution in [0.25, 0.3) is 10.9 Å². The summed E-state index contributed by atoms with van der Waals surface area (Å²) >= 11 is 5.76. The molecule has 0 aliphatic heterocycles. The largest absolute Gasteiger partial charge is 0.350 e. The molecule has 0 saturated heterocycles. The predicted molar refractivity (Wildman–Crippen MR) is 113 cm³/mol. The topological polar surface area (TPSA) is 119 Å². The number of nitrogens with zero attached hydrogens (tertiary/aromatic N) is 2. The van der Waals surface area contributed by atoms with Gasteiger partial charge in [-0.15, -0.1) is 11.6 Å². The van der Waals surface area contributed by atoms with E-state index in [2.05, 4.69) is 10.1 Å². The number of rotatable bonds is 7. The first-order valence-electron chi connectivity index (χ1n) is 9.79. The quantitative estimate of drug-likeness (QED) is 0.607. The van der Waals surface area contributed by atoms with Crippen LogP contribution < -0.4 is 21.4 Å². The molecule has 1 aromatic heterocycles. The molecule has 4 rings (SSSR count). The van der Waals surface area contributed by atoms with E-state index >= 15 is 0 Å². The molecule has 1 amide bonds. The lowest BCUT2D eigenvalue weighted by atomic mass is 10.2. The zero-order chi connectivity index (χ0) is 21.8. The number of hydrogen-bond acceptors (Lipinski definition) is 5. The van der Waals surface area contributed by atoms with E-state index < -0.39 is 38.1 Å². The molecule has 1 heterocycles. The smallest absolute Gasteiger partial charge is 0.291 e. The van der Waals surface area contributed by atoms with Crippen molar-refractivity contribution < 1.29 is 13.2 Å². The summed E-state index contributed by atoms with van der Waals surface area (Å²) in [5.41, 5.74) is 0.614. The normalized spacial score (nSPS) is 18.9. The predicted octanol–water partition coefficient (Wildman–Crippen LogP) is 1.10. The molecule has 0 spiro atoms. The summed E-state index contributed by atoms with van der Waals surface area (Å²) in [5, 5.41) is -0.930. The highest BCUT2D eigenvalue weighted by atomic mass is 35.5. The second-order valence-electron chi connectivity index (χ2n) is 8.41. The third-order valence-corrected chi connectivity index (χ3v) is 7.36. The number of nitrogens with one attached hydrogen (secondary N) is 2. The number of fused-ring (bicyclic) bond motifs is 1. The lowest BCUT2D eigenvalue weighted by Crippen LogP contribution is -2.48. The van der Waals surface area contributed by atoms with Gasteiger partial charge in [-0.2, -0.15) is 4.68 Å². The maximum Gasteiger partial charge on any atom is 0.350 e. The summed E-state index contributed by atoms with van der Waals surface area (Å²) in [6, 6.07) is 4.12. The number of sulfonamides is 1. The summed E-state index contributed by atoms with van der Waals surface area (Å²) in [6.45, 7) is 3.61. The fourth-order valence-corrected chi connectivity index (χ4v) is 4.77. The summed E-state index contributed by atoms with van der Waals surface area (Å²) < 4.78 is 30.2. The molecule has 1 atom stereocenters. The third kappa shape index (κ3) is 4.03. The van der Waals surface area contributed by atoms with Crippen LogP contribution in [0.5, 0.6) is 0 Å². The Morgan fingerprint density at radius 3 is 2.53 bits per heavy atom. The van der Waals surface area contributed by atoms with Gasteiger partial charge < -0.3 is 0 Å². The molecular formula is C19H23ClN4O5S. The monoisotopic (exact) mass is 454 g/mol. The number of carbonyl (C=O) groups excluding carboxylic acids is 1. The van der Waals surface area contributed by atoms with Crippen molar-refractivity contribution in [3.63, 3.8) is 0 Å². The van der Waals surface area contributed by atoms with Gasteiger partial charge in [0.15, 0.2) is 0 Å². The lowest BCUT2D eigenvalue weighted by molar-refractivity contribution is -0.116. The Morgan fingerprint density at radius 2 is 1.97 bits per heavy atom. The van der Waals surface area contributed by atoms with E-state index in [-0.39, 0.29) is 10.3 Å². The van der Waals surface area contributed by atoms with Crippen molar-refractivity contribution in [2.75, 3.05) is 5.43 Å². The van der Waals surface area contributed by atoms with Crippen molar-refractivity contribution in [2.24, 2.45) is 5.92 Å². The van der Waals surface area contributed by atoms with Gasteiger partial charge in [-0.25, -0.2) is 17.9 Å². The minimum atomic E-state index is -3.84. The molecule has 0 bridgehead atoms. The number of amides is 1. The highest BCUT2D eigenvalue weighted by Gasteiger charge is 2.41. The van der Waals surface area contributed by atoms with Gasteiger partial charge >= 0.3 is 5.69 Å². The maximum absolute atomic E-state index is 13.0. The van der Waals surface area contributed by atoms with Crippen LogP contribution in [0.15, 0.2) is 32.7 Å². The van der Waals surface area contributed by atoms with Gasteiger partial charge in [-0.1, -0.05) is 0 Å². The Balaban J connectivity index is 1.88. The minimum Gasteiger partial charge on any atom is -0.291 e. The van der Waals surface area contributed by atoms with E-state index in [1.54, 1.807) is 0 Å². The van der Waals surface area contributed by atoms with Crippen LogP contribution in [-0.2, 0) is 21.4 Å². The van der Waals surface area contributed by atoms with E-state index in [0.717, 1.165) is 25.7 Å². The molecule has 1 unspecified atom stereocenters. The van der Waals surface area contributed by atoms with Crippen LogP contribution in [0.3, 0.4) is 0 Å². The van der Waals surface area contributed by atoms with Crippen LogP contribution in [0.1, 0.15) is 39.5 Å². The van der Waals surface area contributed by atoms with Crippen LogP contribution in [0.4, 0.5) is 0 Å². The first-order valence-corrected chi connectivity index (χ1v) is 11.7. The van der Waals surface area contributed by atoms with E-state index in [9.17, 15) is 22.8 Å². The zero-order valence-electron chi connectivity index (χ0n) is 16.6. The first kappa shape index (κ1) is 21.1. The number of benzene rings is 1. The van der Waals surface area contributed by atoms with Crippen molar-refractivity contribution >= 4 is 38.4 Å². The average Bonchev–Trinajstić information content (AvgIpc) is 3.60. The summed E-state index contributed by atoms with van der Waals surface area (Å²) in [5.74, 6) is -0.403. The molecule has 30 heavy (non-hydrogen) atoms. The SMILES string of the molecule is CC(Cl)C(=O)Nn1c(=O)c2cc(S(=O)(=O)NC3(C)CC3)ccc2n(CC2CC2)c1=O. The van der Waals surface area contributed by atoms with Crippen molar-refractivity contribution in [2.45, 2.75) is 61.9 Å². The van der Waals surface area contributed by atoms with Crippen molar-refractivity contribution in [1.29, 1.82) is 0 Å². The van der Waals surface area contributed by atoms with Crippen LogP contribution >= 0.6 is 11.6 Å². The molecule has 0 radical (unpaired) electrons. The molecule has 162 valence electrons. The Kier molecular flexibility index (Phi) is 5.06. The van der Waals surface area contributed by atoms with Gasteiger partial charge in [0.1, 0.15) is 5.38 Å². The summed E-state index contributed by atoms with van der Waals surface area (Å²) in [7, 11) is -3.84. The molecule has 2 saturated carbocycles. The van der Waals surface area contributed by atoms with E-state index in [1.165, 1.54) is 29.7 Å². The highest BCUT2D eigenvalue weighted by Crippen LogP contribution is 2.36. The van der Waals surface area contributed by atoms with Crippen LogP contribution in [0, 0.1) is 5.92 Å². The fourth-order valence-electron chi connectivity index (χ4n) is 3.23. The second-order valence-corrected chi connectivity index (χ2v) is 10.8. The van der Waals surface area contributed by atoms with Gasteiger partial charge in [0.05, 0.1) is 15.8 Å². The standard InChI is InChI=1S/C19H23ClN4O5S/c1-11(20)16(25)21-24-17(26)14-9-13(30(28,29)22-19(2)7-8-19)5-6-15(14)23(18(24)27)10-12-3-4-12/h5-6,9,11-12,22H,3-4,7-8,10H2,1-2H3,(H,21,25). The number of alkyl halides is 1. The maximum atomic E-state index is 13.0. The Bertz CT molecular complexity index is 1260. The second kappa shape index (κ2) is 7.21. The zero-order valence-corrected chi connectivity index (χ0v) is 18.2. The number of halogens is 1. The molecule has 2 N–H and O–H groups in total. The number of carbonyl (C=O) groups is 1. The molecule has 9 nitrogen and oxygen atoms in total. The molecule has 2 aliphatic rings. The van der Waals surface area contributed by atoms with Gasteiger partial charge in [-0.3, -0.25) is 19.6 Å². The van der Waals surface area contributed by atoms with Gasteiger partial charge in [-0.05, 0) is 63.6 Å². The van der Waals surface area contributed by atoms with Crippen molar-refractivity contribution in [3.8, 4) is 0 Å². The molecular weight excluding hydrogens is 432 g/mol. The summed E-state index contributed by atoms with van der Waals surface area (Å²) in [4.78, 5) is 37.9. The molecule has 2 fully saturated rings. The molecule has 2 aromatic rings. The fraction of sp³-hybridized carbons (Fsp3) is 0.526. The minimum absolute atomic E-state index is 0.0293. The third-order valence-electron chi connectivity index (χ3n) is 5.53. The van der Waals surface area contributed by atoms with Gasteiger partial charge in [0.25, 0.3) is 11.5 Å². The highest BCUT2D eigenvalue weighted by molar-refractivity contribution is 7.89. The lowest BCUT2D eigenvalue weighted by Gasteiger charge is -2.16. The van der Waals surface area contributed by atoms with Gasteiger partial charge in [0.2, 0.25) is 10.0 Å². The van der Waals surface area contributed by atoms with E-state index in [1.807, 2.05) is 6.92 Å². The van der Waals surface area contributed by atoms with Crippen LogP contribution in [0.2, 0.25) is 0 Å². The Hall–Kier alpha value is -2.17. The van der Waals surface area contributed by atoms with Crippen molar-refractivity contribution in [3.05, 3.63) is 39.0 Å². The number of aromatic nitrogens is 2. The number of hydrogen-bond donors (Lipinski definition) is 2. The average molecular weight is 455 g/mol. The van der Waals surface area contributed by atoms with Crippen molar-refractivity contribution in [1.82, 2.24) is 14.0 Å². The van der Waals surface area contributed by atoms with Crippen LogP contribution in [-0.4, -0.2) is 34.5 Å². The van der Waals surface area contributed by atoms with Gasteiger partial charge in [0, 0.05) is 12.1 Å². The first-order chi connectivity index (χ1) is 14.0. The van der Waals surface area contributed by atoms with E-state index in [0.29, 0.717) is 22.7 Å². The Labute approximate surface area is 178 Å². The van der Waals surface area contributed by atoms with E-state index in [4.69, 9.17) is 11.6 Å². The molecule has 2 aliphatic carbocycles. The Morgan fingerprint density at radius 1 is 1.30 bits per heavy atom. The summed E-state index contributed by atoms with van der Waals surface area (Å²) in [6.07, 6.45) is 3.42. The molecule has 1 aromatic carbocycles.